The third kappa shape index (κ3) is 8.68. The van der Waals surface area contributed by atoms with Gasteiger partial charge in [-0.3, -0.25) is 0 Å². The van der Waals surface area contributed by atoms with Gasteiger partial charge in [0.1, 0.15) is 5.75 Å². The summed E-state index contributed by atoms with van der Waals surface area (Å²) in [6, 6.07) is 21.8. The topological polar surface area (TPSA) is 18.5 Å². The van der Waals surface area contributed by atoms with Crippen LogP contribution in [0.2, 0.25) is 6.04 Å². The van der Waals surface area contributed by atoms with E-state index in [4.69, 9.17) is 9.16 Å². The molecule has 1 atom stereocenters. The van der Waals surface area contributed by atoms with Crippen molar-refractivity contribution in [1.82, 2.24) is 0 Å². The van der Waals surface area contributed by atoms with E-state index in [1.807, 2.05) is 30.3 Å². The minimum Gasteiger partial charge on any atom is -0.469 e. The lowest BCUT2D eigenvalue weighted by molar-refractivity contribution is 0.120. The molecule has 0 aliphatic heterocycles. The minimum absolute atomic E-state index is 0.354. The fourth-order valence-corrected chi connectivity index (χ4v) is 5.41. The van der Waals surface area contributed by atoms with Gasteiger partial charge in [0.05, 0.1) is 0 Å². The van der Waals surface area contributed by atoms with Gasteiger partial charge in [-0.15, -0.1) is 0 Å². The number of unbranched alkanes of at least 4 members (excludes halogenated alkanes) is 7. The van der Waals surface area contributed by atoms with Crippen LogP contribution in [-0.4, -0.2) is 15.8 Å². The van der Waals surface area contributed by atoms with Crippen LogP contribution in [0.25, 0.3) is 0 Å². The maximum absolute atomic E-state index is 6.21. The van der Waals surface area contributed by atoms with E-state index in [0.29, 0.717) is 6.79 Å². The first-order chi connectivity index (χ1) is 12.9. The van der Waals surface area contributed by atoms with E-state index in [1.165, 1.54) is 62.6 Å². The number of ether oxygens (including phenoxy) is 1. The number of benzene rings is 2. The van der Waals surface area contributed by atoms with Gasteiger partial charge in [-0.1, -0.05) is 107 Å². The van der Waals surface area contributed by atoms with Crippen LogP contribution in [0.5, 0.6) is 5.75 Å². The molecule has 0 spiro atoms. The first-order valence-corrected chi connectivity index (χ1v) is 12.1. The van der Waals surface area contributed by atoms with Crippen LogP contribution in [0.15, 0.2) is 60.7 Å². The molecular formula is C23H34O2Si. The maximum atomic E-state index is 6.21. The summed E-state index contributed by atoms with van der Waals surface area (Å²) in [4.78, 5) is 0. The predicted molar refractivity (Wildman–Crippen MR) is 114 cm³/mol. The molecule has 2 aromatic carbocycles. The van der Waals surface area contributed by atoms with Crippen molar-refractivity contribution in [2.24, 2.45) is 0 Å². The van der Waals surface area contributed by atoms with Crippen LogP contribution < -0.4 is 9.92 Å². The van der Waals surface area contributed by atoms with Gasteiger partial charge in [-0.05, 0) is 23.4 Å². The summed E-state index contributed by atoms with van der Waals surface area (Å²) in [6.45, 7) is 2.63. The minimum atomic E-state index is -1.43. The highest BCUT2D eigenvalue weighted by Gasteiger charge is 2.14. The van der Waals surface area contributed by atoms with E-state index in [1.54, 1.807) is 0 Å². The molecule has 0 radical (unpaired) electrons. The van der Waals surface area contributed by atoms with Gasteiger partial charge < -0.3 is 9.16 Å². The Kier molecular flexibility index (Phi) is 10.8. The Morgan fingerprint density at radius 1 is 0.692 bits per heavy atom. The lowest BCUT2D eigenvalue weighted by Gasteiger charge is -2.17. The van der Waals surface area contributed by atoms with Gasteiger partial charge in [-0.25, -0.2) is 0 Å². The SMILES string of the molecule is CCCCCCCCCC[SiH](OCOc1ccccc1)c1ccccc1. The highest BCUT2D eigenvalue weighted by atomic mass is 28.3. The summed E-state index contributed by atoms with van der Waals surface area (Å²) in [5.74, 6) is 0.875. The van der Waals surface area contributed by atoms with E-state index in [-0.39, 0.29) is 0 Å². The summed E-state index contributed by atoms with van der Waals surface area (Å²) in [5.41, 5.74) is 0. The third-order valence-electron chi connectivity index (χ3n) is 4.73. The third-order valence-corrected chi connectivity index (χ3v) is 7.33. The molecule has 142 valence electrons. The summed E-state index contributed by atoms with van der Waals surface area (Å²) < 4.78 is 12.0. The van der Waals surface area contributed by atoms with Gasteiger partial charge in [0.15, 0.2) is 6.79 Å². The second-order valence-corrected chi connectivity index (χ2v) is 9.46. The molecule has 0 aromatic heterocycles. The molecule has 2 nitrogen and oxygen atoms in total. The van der Waals surface area contributed by atoms with E-state index >= 15 is 0 Å². The molecule has 0 N–H and O–H groups in total. The van der Waals surface area contributed by atoms with Crippen LogP contribution in [-0.2, 0) is 4.43 Å². The van der Waals surface area contributed by atoms with Crippen LogP contribution in [0.3, 0.4) is 0 Å². The highest BCUT2D eigenvalue weighted by Crippen LogP contribution is 2.13. The van der Waals surface area contributed by atoms with E-state index < -0.39 is 9.04 Å². The summed E-state index contributed by atoms with van der Waals surface area (Å²) in [5, 5.41) is 1.38. The van der Waals surface area contributed by atoms with Crippen molar-refractivity contribution in [2.75, 3.05) is 6.79 Å². The molecule has 0 bridgehead atoms. The van der Waals surface area contributed by atoms with Crippen molar-refractivity contribution in [1.29, 1.82) is 0 Å². The van der Waals surface area contributed by atoms with E-state index in [2.05, 4.69) is 37.3 Å². The van der Waals surface area contributed by atoms with Crippen molar-refractivity contribution in [2.45, 2.75) is 64.3 Å². The number of rotatable bonds is 14. The summed E-state index contributed by atoms with van der Waals surface area (Å²) in [7, 11) is -1.43. The van der Waals surface area contributed by atoms with E-state index in [0.717, 1.165) is 5.75 Å². The predicted octanol–water partition coefficient (Wildman–Crippen LogP) is 5.81. The normalized spacial score (nSPS) is 12.0. The smallest absolute Gasteiger partial charge is 0.212 e. The Hall–Kier alpha value is -1.58. The average molecular weight is 371 g/mol. The van der Waals surface area contributed by atoms with Crippen LogP contribution in [0, 0.1) is 0 Å². The molecule has 1 unspecified atom stereocenters. The van der Waals surface area contributed by atoms with Gasteiger partial charge in [0.25, 0.3) is 0 Å². The molecule has 0 saturated heterocycles. The quantitative estimate of drug-likeness (QED) is 0.237. The Morgan fingerprint density at radius 3 is 1.92 bits per heavy atom. The Bertz CT molecular complexity index is 559. The zero-order chi connectivity index (χ0) is 18.3. The average Bonchev–Trinajstić information content (AvgIpc) is 2.70. The Labute approximate surface area is 161 Å². The number of para-hydroxylation sites is 1. The van der Waals surface area contributed by atoms with Crippen LogP contribution in [0.1, 0.15) is 58.3 Å². The summed E-state index contributed by atoms with van der Waals surface area (Å²) in [6.07, 6.45) is 10.9. The summed E-state index contributed by atoms with van der Waals surface area (Å²) >= 11 is 0. The molecule has 0 heterocycles. The second-order valence-electron chi connectivity index (χ2n) is 6.90. The molecule has 0 fully saturated rings. The maximum Gasteiger partial charge on any atom is 0.212 e. The van der Waals surface area contributed by atoms with Crippen molar-refractivity contribution in [3.63, 3.8) is 0 Å². The monoisotopic (exact) mass is 370 g/mol. The van der Waals surface area contributed by atoms with Gasteiger partial charge in [-0.2, -0.15) is 0 Å². The molecule has 2 aromatic rings. The van der Waals surface area contributed by atoms with Crippen molar-refractivity contribution < 1.29 is 9.16 Å². The molecule has 3 heteroatoms. The van der Waals surface area contributed by atoms with E-state index in [9.17, 15) is 0 Å². The van der Waals surface area contributed by atoms with Crippen molar-refractivity contribution in [3.8, 4) is 5.75 Å². The molecule has 0 saturated carbocycles. The van der Waals surface area contributed by atoms with Gasteiger partial charge in [0.2, 0.25) is 9.04 Å². The van der Waals surface area contributed by atoms with Crippen molar-refractivity contribution in [3.05, 3.63) is 60.7 Å². The molecular weight excluding hydrogens is 336 g/mol. The Morgan fingerprint density at radius 2 is 1.27 bits per heavy atom. The number of hydrogen-bond donors (Lipinski definition) is 0. The fourth-order valence-electron chi connectivity index (χ4n) is 3.18. The zero-order valence-electron chi connectivity index (χ0n) is 16.2. The van der Waals surface area contributed by atoms with Crippen LogP contribution >= 0.6 is 0 Å². The first-order valence-electron chi connectivity index (χ1n) is 10.2. The molecule has 0 aliphatic rings. The molecule has 0 amide bonds. The molecule has 2 rings (SSSR count). The fraction of sp³-hybridized carbons (Fsp3) is 0.478. The second kappa shape index (κ2) is 13.6. The van der Waals surface area contributed by atoms with Gasteiger partial charge in [0, 0.05) is 0 Å². The lowest BCUT2D eigenvalue weighted by atomic mass is 10.1. The first kappa shape index (κ1) is 20.7. The lowest BCUT2D eigenvalue weighted by Crippen LogP contribution is -2.34. The standard InChI is InChI=1S/C23H34O2Si/c1-2-3-4-5-6-7-8-15-20-26(23-18-13-10-14-19-23)25-21-24-22-16-11-9-12-17-22/h9-14,16-19,26H,2-8,15,20-21H2,1H3. The highest BCUT2D eigenvalue weighted by molar-refractivity contribution is 6.67. The largest absolute Gasteiger partial charge is 0.469 e. The Balaban J connectivity index is 1.70. The van der Waals surface area contributed by atoms with Crippen molar-refractivity contribution >= 4 is 14.2 Å². The van der Waals surface area contributed by atoms with Crippen LogP contribution in [0.4, 0.5) is 0 Å². The van der Waals surface area contributed by atoms with Gasteiger partial charge >= 0.3 is 0 Å². The zero-order valence-corrected chi connectivity index (χ0v) is 17.4. The number of hydrogen-bond acceptors (Lipinski definition) is 2. The molecule has 26 heavy (non-hydrogen) atoms. The molecule has 0 aliphatic carbocycles.